The first-order valence-electron chi connectivity index (χ1n) is 4.90. The quantitative estimate of drug-likeness (QED) is 0.603. The second kappa shape index (κ2) is 4.10. The highest BCUT2D eigenvalue weighted by Crippen LogP contribution is 2.23. The van der Waals surface area contributed by atoms with Crippen LogP contribution in [-0.4, -0.2) is 24.5 Å². The smallest absolute Gasteiger partial charge is 0.00922 e. The summed E-state index contributed by atoms with van der Waals surface area (Å²) in [7, 11) is 2.27. The molecule has 0 unspecified atom stereocenters. The van der Waals surface area contributed by atoms with Crippen LogP contribution in [0.3, 0.4) is 0 Å². The van der Waals surface area contributed by atoms with Crippen molar-refractivity contribution in [2.45, 2.75) is 45.6 Å². The molecule has 0 amide bonds. The van der Waals surface area contributed by atoms with E-state index in [9.17, 15) is 0 Å². The summed E-state index contributed by atoms with van der Waals surface area (Å²) in [6.45, 7) is 5.89. The summed E-state index contributed by atoms with van der Waals surface area (Å²) < 4.78 is 0. The van der Waals surface area contributed by atoms with Gasteiger partial charge in [-0.05, 0) is 38.8 Å². The Bertz CT molecular complexity index is 105. The van der Waals surface area contributed by atoms with Crippen molar-refractivity contribution >= 4 is 0 Å². The molecular weight excluding hydrogens is 134 g/mol. The van der Waals surface area contributed by atoms with Gasteiger partial charge in [-0.15, -0.1) is 0 Å². The fourth-order valence-corrected chi connectivity index (χ4v) is 1.47. The largest absolute Gasteiger partial charge is 0.303 e. The first-order valence-corrected chi connectivity index (χ1v) is 4.90. The second-order valence-electron chi connectivity index (χ2n) is 4.25. The third-order valence-corrected chi connectivity index (χ3v) is 2.76. The Kier molecular flexibility index (Phi) is 3.38. The Balaban J connectivity index is 2.05. The summed E-state index contributed by atoms with van der Waals surface area (Å²) in [5.74, 6) is 0.859. The second-order valence-corrected chi connectivity index (χ2v) is 4.25. The summed E-state index contributed by atoms with van der Waals surface area (Å²) in [6.07, 6.45) is 5.69. The first-order chi connectivity index (χ1) is 5.20. The standard InChI is InChI=1S/C10H21N/c1-9(2)7-8-11(3)10-5-4-6-10/h9-10H,4-8H2,1-3H3. The van der Waals surface area contributed by atoms with E-state index in [0.717, 1.165) is 12.0 Å². The predicted molar refractivity (Wildman–Crippen MR) is 49.7 cm³/mol. The molecule has 1 nitrogen and oxygen atoms in total. The molecule has 1 heteroatoms. The lowest BCUT2D eigenvalue weighted by molar-refractivity contribution is 0.153. The minimum Gasteiger partial charge on any atom is -0.303 e. The van der Waals surface area contributed by atoms with Gasteiger partial charge in [-0.25, -0.2) is 0 Å². The van der Waals surface area contributed by atoms with Crippen LogP contribution in [0.1, 0.15) is 39.5 Å². The molecule has 0 heterocycles. The van der Waals surface area contributed by atoms with E-state index in [1.807, 2.05) is 0 Å². The van der Waals surface area contributed by atoms with Gasteiger partial charge in [-0.1, -0.05) is 20.3 Å². The summed E-state index contributed by atoms with van der Waals surface area (Å²) in [5.41, 5.74) is 0. The van der Waals surface area contributed by atoms with Gasteiger partial charge < -0.3 is 4.90 Å². The summed E-state index contributed by atoms with van der Waals surface area (Å²) in [4.78, 5) is 2.53. The number of nitrogens with zero attached hydrogens (tertiary/aromatic N) is 1. The fraction of sp³-hybridized carbons (Fsp3) is 1.00. The molecule has 1 rings (SSSR count). The third-order valence-electron chi connectivity index (χ3n) is 2.76. The highest BCUT2D eigenvalue weighted by Gasteiger charge is 2.21. The molecular formula is C10H21N. The van der Waals surface area contributed by atoms with Crippen molar-refractivity contribution in [3.63, 3.8) is 0 Å². The van der Waals surface area contributed by atoms with Crippen LogP contribution in [0.2, 0.25) is 0 Å². The van der Waals surface area contributed by atoms with Crippen molar-refractivity contribution < 1.29 is 0 Å². The van der Waals surface area contributed by atoms with Crippen LogP contribution in [0.25, 0.3) is 0 Å². The molecule has 0 N–H and O–H groups in total. The highest BCUT2D eigenvalue weighted by molar-refractivity contribution is 4.77. The van der Waals surface area contributed by atoms with Crippen molar-refractivity contribution in [3.05, 3.63) is 0 Å². The average molecular weight is 155 g/mol. The van der Waals surface area contributed by atoms with Crippen molar-refractivity contribution in [1.82, 2.24) is 4.90 Å². The molecule has 0 spiro atoms. The van der Waals surface area contributed by atoms with Crippen molar-refractivity contribution in [2.75, 3.05) is 13.6 Å². The Morgan fingerprint density at radius 2 is 2.00 bits per heavy atom. The lowest BCUT2D eigenvalue weighted by Gasteiger charge is -2.35. The molecule has 0 atom stereocenters. The monoisotopic (exact) mass is 155 g/mol. The topological polar surface area (TPSA) is 3.24 Å². The van der Waals surface area contributed by atoms with E-state index in [1.54, 1.807) is 0 Å². The predicted octanol–water partition coefficient (Wildman–Crippen LogP) is 2.52. The molecule has 0 aromatic heterocycles. The van der Waals surface area contributed by atoms with Crippen LogP contribution < -0.4 is 0 Å². The SMILES string of the molecule is CC(C)CCN(C)C1CCC1. The molecule has 0 saturated heterocycles. The molecule has 0 aromatic rings. The highest BCUT2D eigenvalue weighted by atomic mass is 15.1. The minimum atomic E-state index is 0.859. The molecule has 1 fully saturated rings. The van der Waals surface area contributed by atoms with Crippen LogP contribution >= 0.6 is 0 Å². The van der Waals surface area contributed by atoms with Gasteiger partial charge in [0.15, 0.2) is 0 Å². The van der Waals surface area contributed by atoms with E-state index in [1.165, 1.54) is 32.2 Å². The number of hydrogen-bond acceptors (Lipinski definition) is 1. The maximum Gasteiger partial charge on any atom is 0.00922 e. The maximum absolute atomic E-state index is 2.53. The van der Waals surface area contributed by atoms with Crippen molar-refractivity contribution in [2.24, 2.45) is 5.92 Å². The maximum atomic E-state index is 2.53. The molecule has 0 aromatic carbocycles. The van der Waals surface area contributed by atoms with Gasteiger partial charge >= 0.3 is 0 Å². The van der Waals surface area contributed by atoms with Gasteiger partial charge in [-0.3, -0.25) is 0 Å². The van der Waals surface area contributed by atoms with Gasteiger partial charge in [-0.2, -0.15) is 0 Å². The first kappa shape index (κ1) is 9.05. The van der Waals surface area contributed by atoms with E-state index < -0.39 is 0 Å². The van der Waals surface area contributed by atoms with Gasteiger partial charge in [0, 0.05) is 6.04 Å². The van der Waals surface area contributed by atoms with Crippen LogP contribution in [0, 0.1) is 5.92 Å². The molecule has 0 bridgehead atoms. The summed E-state index contributed by atoms with van der Waals surface area (Å²) in [6, 6.07) is 0.925. The molecule has 11 heavy (non-hydrogen) atoms. The Morgan fingerprint density at radius 3 is 2.36 bits per heavy atom. The molecule has 0 aliphatic heterocycles. The van der Waals surface area contributed by atoms with Crippen LogP contribution in [-0.2, 0) is 0 Å². The van der Waals surface area contributed by atoms with Gasteiger partial charge in [0.2, 0.25) is 0 Å². The molecule has 1 aliphatic rings. The van der Waals surface area contributed by atoms with Crippen LogP contribution in [0.4, 0.5) is 0 Å². The van der Waals surface area contributed by atoms with Crippen LogP contribution in [0.5, 0.6) is 0 Å². The number of rotatable bonds is 4. The van der Waals surface area contributed by atoms with Gasteiger partial charge in [0.05, 0.1) is 0 Å². The molecule has 1 saturated carbocycles. The zero-order valence-electron chi connectivity index (χ0n) is 8.14. The lowest BCUT2D eigenvalue weighted by atomic mass is 9.91. The normalized spacial score (nSPS) is 19.4. The van der Waals surface area contributed by atoms with Gasteiger partial charge in [0.25, 0.3) is 0 Å². The van der Waals surface area contributed by atoms with Crippen molar-refractivity contribution in [1.29, 1.82) is 0 Å². The minimum absolute atomic E-state index is 0.859. The fourth-order valence-electron chi connectivity index (χ4n) is 1.47. The summed E-state index contributed by atoms with van der Waals surface area (Å²) >= 11 is 0. The third kappa shape index (κ3) is 2.82. The lowest BCUT2D eigenvalue weighted by Crippen LogP contribution is -2.37. The zero-order valence-corrected chi connectivity index (χ0v) is 8.14. The van der Waals surface area contributed by atoms with E-state index in [2.05, 4.69) is 25.8 Å². The van der Waals surface area contributed by atoms with Crippen molar-refractivity contribution in [3.8, 4) is 0 Å². The van der Waals surface area contributed by atoms with E-state index >= 15 is 0 Å². The van der Waals surface area contributed by atoms with E-state index in [-0.39, 0.29) is 0 Å². The Hall–Kier alpha value is -0.0400. The van der Waals surface area contributed by atoms with E-state index in [4.69, 9.17) is 0 Å². The molecule has 0 radical (unpaired) electrons. The molecule has 66 valence electrons. The average Bonchev–Trinajstić information content (AvgIpc) is 1.79. The molecule has 1 aliphatic carbocycles. The Labute approximate surface area is 70.8 Å². The Morgan fingerprint density at radius 1 is 1.36 bits per heavy atom. The van der Waals surface area contributed by atoms with E-state index in [0.29, 0.717) is 0 Å². The summed E-state index contributed by atoms with van der Waals surface area (Å²) in [5, 5.41) is 0. The zero-order chi connectivity index (χ0) is 8.27. The van der Waals surface area contributed by atoms with Gasteiger partial charge in [0.1, 0.15) is 0 Å². The number of hydrogen-bond donors (Lipinski definition) is 0. The van der Waals surface area contributed by atoms with Crippen LogP contribution in [0.15, 0.2) is 0 Å².